The van der Waals surface area contributed by atoms with Gasteiger partial charge in [0.05, 0.1) is 0 Å². The third-order valence-corrected chi connectivity index (χ3v) is 9.41. The molecule has 0 fully saturated rings. The predicted molar refractivity (Wildman–Crippen MR) is 283 cm³/mol. The minimum absolute atomic E-state index is 0.144. The predicted octanol–water partition coefficient (Wildman–Crippen LogP) is 16.6. The van der Waals surface area contributed by atoms with E-state index in [1.807, 2.05) is 91.1 Å². The quantitative estimate of drug-likeness (QED) is 0.0200. The smallest absolute Gasteiger partial charge is 0.306 e. The fourth-order valence-corrected chi connectivity index (χ4v) is 5.77. The van der Waals surface area contributed by atoms with Crippen LogP contribution in [-0.2, 0) is 28.6 Å². The highest BCUT2D eigenvalue weighted by Crippen LogP contribution is 2.11. The summed E-state index contributed by atoms with van der Waals surface area (Å²) < 4.78 is 16.6. The zero-order chi connectivity index (χ0) is 47.9. The first kappa shape index (κ1) is 60.5. The average Bonchev–Trinajstić information content (AvgIpc) is 3.31. The van der Waals surface area contributed by atoms with Gasteiger partial charge in [0, 0.05) is 19.3 Å². The number of allylic oxidation sites excluding steroid dienone is 30. The van der Waals surface area contributed by atoms with Gasteiger partial charge in [0.2, 0.25) is 0 Å². The van der Waals surface area contributed by atoms with Crippen molar-refractivity contribution in [2.24, 2.45) is 0 Å². The Hall–Kier alpha value is -5.49. The lowest BCUT2D eigenvalue weighted by Crippen LogP contribution is -2.30. The number of ether oxygens (including phenoxy) is 3. The monoisotopic (exact) mass is 903 g/mol. The molecule has 0 N–H and O–H groups in total. The molecular formula is C60H86O6. The Balaban J connectivity index is 4.68. The Bertz CT molecular complexity index is 1650. The van der Waals surface area contributed by atoms with Crippen LogP contribution in [0.1, 0.15) is 156 Å². The molecule has 0 rings (SSSR count). The number of hydrogen-bond acceptors (Lipinski definition) is 6. The first-order valence-electron chi connectivity index (χ1n) is 24.9. The van der Waals surface area contributed by atoms with Gasteiger partial charge < -0.3 is 14.2 Å². The van der Waals surface area contributed by atoms with Crippen LogP contribution in [0.3, 0.4) is 0 Å². The van der Waals surface area contributed by atoms with Gasteiger partial charge in [0.15, 0.2) is 6.10 Å². The molecule has 0 radical (unpaired) electrons. The van der Waals surface area contributed by atoms with Crippen LogP contribution < -0.4 is 0 Å². The second-order valence-electron chi connectivity index (χ2n) is 15.5. The molecule has 0 aliphatic carbocycles. The molecular weight excluding hydrogens is 817 g/mol. The average molecular weight is 903 g/mol. The Kier molecular flexibility index (Phi) is 47.8. The summed E-state index contributed by atoms with van der Waals surface area (Å²) in [6.45, 7) is 6.08. The van der Waals surface area contributed by atoms with Gasteiger partial charge in [-0.05, 0) is 89.9 Å². The van der Waals surface area contributed by atoms with Gasteiger partial charge in [-0.15, -0.1) is 0 Å². The third-order valence-electron chi connectivity index (χ3n) is 9.41. The summed E-state index contributed by atoms with van der Waals surface area (Å²) >= 11 is 0. The van der Waals surface area contributed by atoms with Crippen molar-refractivity contribution in [1.82, 2.24) is 0 Å². The standard InChI is InChI=1S/C60H86O6/c1-4-7-10-13-16-19-22-25-27-29-30-31-33-35-38-41-44-47-50-53-59(62)65-56-57(55-64-58(61)52-49-46-43-40-37-34-24-21-18-15-12-9-6-3)66-60(63)54-51-48-45-42-39-36-32-28-26-23-20-17-14-11-8-5-2/h7-13,15-22,24-31,33,35-36,38-39,45,48,57H,4-6,14,23,32,34,37,40-44,46-47,49-56H2,1-3H3/b10-7+,11-8+,12-9+,16-13+,18-15+,20-17+,22-19+,24-21+,27-25+,28-26+,30-29+,33-31+,38-35+,39-36+,48-45+. The summed E-state index contributed by atoms with van der Waals surface area (Å²) in [6, 6.07) is 0. The second-order valence-corrected chi connectivity index (χ2v) is 15.5. The summed E-state index contributed by atoms with van der Waals surface area (Å²) in [5.41, 5.74) is 0. The van der Waals surface area contributed by atoms with Crippen LogP contribution in [0.4, 0.5) is 0 Å². The third kappa shape index (κ3) is 49.5. The van der Waals surface area contributed by atoms with Gasteiger partial charge >= 0.3 is 17.9 Å². The molecule has 0 aromatic carbocycles. The SMILES string of the molecule is CC/C=C/C=C/C=C/C=C/C=C/C=C/C=C/CCCCCC(=O)OCC(COC(=O)CCCCCCC/C=C/C=C/C=C/CC)OC(=O)CC/C=C/C/C=C/C/C=C/C/C=C/C/C=C/CC. The van der Waals surface area contributed by atoms with Gasteiger partial charge in [0.25, 0.3) is 0 Å². The maximum atomic E-state index is 12.8. The lowest BCUT2D eigenvalue weighted by Gasteiger charge is -2.18. The van der Waals surface area contributed by atoms with Gasteiger partial charge in [0.1, 0.15) is 13.2 Å². The molecule has 0 aliphatic heterocycles. The molecule has 0 aromatic heterocycles. The van der Waals surface area contributed by atoms with Crippen LogP contribution in [0.25, 0.3) is 0 Å². The maximum Gasteiger partial charge on any atom is 0.306 e. The molecule has 0 aromatic rings. The van der Waals surface area contributed by atoms with Crippen molar-refractivity contribution in [3.8, 4) is 0 Å². The lowest BCUT2D eigenvalue weighted by molar-refractivity contribution is -0.166. The highest BCUT2D eigenvalue weighted by molar-refractivity contribution is 5.71. The number of rotatable bonds is 41. The van der Waals surface area contributed by atoms with Gasteiger partial charge in [-0.1, -0.05) is 229 Å². The van der Waals surface area contributed by atoms with E-state index in [4.69, 9.17) is 14.2 Å². The summed E-state index contributed by atoms with van der Waals surface area (Å²) in [5.74, 6) is -1.11. The van der Waals surface area contributed by atoms with Crippen molar-refractivity contribution in [3.63, 3.8) is 0 Å². The molecule has 0 spiro atoms. The van der Waals surface area contributed by atoms with Crippen molar-refractivity contribution in [1.29, 1.82) is 0 Å². The van der Waals surface area contributed by atoms with Crippen LogP contribution in [0.5, 0.6) is 0 Å². The molecule has 6 heteroatoms. The second kappa shape index (κ2) is 52.1. The van der Waals surface area contributed by atoms with Crippen LogP contribution in [0.15, 0.2) is 182 Å². The molecule has 0 saturated carbocycles. The molecule has 362 valence electrons. The number of hydrogen-bond donors (Lipinski definition) is 0. The Morgan fingerprint density at radius 1 is 0.318 bits per heavy atom. The zero-order valence-corrected chi connectivity index (χ0v) is 41.1. The van der Waals surface area contributed by atoms with Gasteiger partial charge in [-0.3, -0.25) is 14.4 Å². The summed E-state index contributed by atoms with van der Waals surface area (Å²) in [6.07, 6.45) is 78.8. The fraction of sp³-hybridized carbons (Fsp3) is 0.450. The van der Waals surface area contributed by atoms with Gasteiger partial charge in [-0.25, -0.2) is 0 Å². The fourth-order valence-electron chi connectivity index (χ4n) is 5.77. The van der Waals surface area contributed by atoms with E-state index in [-0.39, 0.29) is 38.0 Å². The normalized spacial score (nSPS) is 13.7. The summed E-state index contributed by atoms with van der Waals surface area (Å²) in [4.78, 5) is 37.9. The Morgan fingerprint density at radius 2 is 0.652 bits per heavy atom. The van der Waals surface area contributed by atoms with Crippen LogP contribution in [0, 0.1) is 0 Å². The van der Waals surface area contributed by atoms with Crippen molar-refractivity contribution < 1.29 is 28.6 Å². The molecule has 0 amide bonds. The Morgan fingerprint density at radius 3 is 1.08 bits per heavy atom. The summed E-state index contributed by atoms with van der Waals surface area (Å²) in [5, 5.41) is 0. The van der Waals surface area contributed by atoms with E-state index in [1.165, 1.54) is 0 Å². The van der Waals surface area contributed by atoms with Crippen molar-refractivity contribution in [2.75, 3.05) is 13.2 Å². The maximum absolute atomic E-state index is 12.8. The van der Waals surface area contributed by atoms with E-state index in [2.05, 4.69) is 112 Å². The van der Waals surface area contributed by atoms with Crippen molar-refractivity contribution in [2.45, 2.75) is 162 Å². The van der Waals surface area contributed by atoms with E-state index in [1.54, 1.807) is 0 Å². The topological polar surface area (TPSA) is 78.9 Å². The van der Waals surface area contributed by atoms with E-state index in [9.17, 15) is 14.4 Å². The molecule has 0 saturated heterocycles. The first-order valence-corrected chi connectivity index (χ1v) is 24.9. The largest absolute Gasteiger partial charge is 0.462 e. The van der Waals surface area contributed by atoms with Crippen LogP contribution >= 0.6 is 0 Å². The van der Waals surface area contributed by atoms with E-state index in [0.29, 0.717) is 19.3 Å². The van der Waals surface area contributed by atoms with E-state index >= 15 is 0 Å². The molecule has 0 bridgehead atoms. The number of carbonyl (C=O) groups excluding carboxylic acids is 3. The number of unbranched alkanes of at least 4 members (excludes halogenated alkanes) is 8. The molecule has 0 heterocycles. The minimum atomic E-state index is -0.856. The van der Waals surface area contributed by atoms with Crippen molar-refractivity contribution >= 4 is 17.9 Å². The molecule has 1 unspecified atom stereocenters. The molecule has 66 heavy (non-hydrogen) atoms. The highest BCUT2D eigenvalue weighted by Gasteiger charge is 2.19. The van der Waals surface area contributed by atoms with Crippen LogP contribution in [0.2, 0.25) is 0 Å². The molecule has 6 nitrogen and oxygen atoms in total. The van der Waals surface area contributed by atoms with Crippen LogP contribution in [-0.4, -0.2) is 37.2 Å². The Labute approximate surface area is 402 Å². The minimum Gasteiger partial charge on any atom is -0.462 e. The van der Waals surface area contributed by atoms with Gasteiger partial charge in [-0.2, -0.15) is 0 Å². The zero-order valence-electron chi connectivity index (χ0n) is 41.1. The number of carbonyl (C=O) groups is 3. The first-order chi connectivity index (χ1) is 32.5. The highest BCUT2D eigenvalue weighted by atomic mass is 16.6. The van der Waals surface area contributed by atoms with Crippen molar-refractivity contribution in [3.05, 3.63) is 182 Å². The molecule has 1 atom stereocenters. The molecule has 0 aliphatic rings. The number of esters is 3. The summed E-state index contributed by atoms with van der Waals surface area (Å²) in [7, 11) is 0. The van der Waals surface area contributed by atoms with E-state index < -0.39 is 12.1 Å². The lowest BCUT2D eigenvalue weighted by atomic mass is 10.1. The van der Waals surface area contributed by atoms with E-state index in [0.717, 1.165) is 103 Å².